The Hall–Kier alpha value is -3.44. The van der Waals surface area contributed by atoms with Crippen molar-refractivity contribution >= 4 is 27.2 Å². The molecule has 5 heteroatoms. The predicted octanol–water partition coefficient (Wildman–Crippen LogP) is 6.47. The number of hydrogen-bond acceptors (Lipinski definition) is 4. The summed E-state index contributed by atoms with van der Waals surface area (Å²) in [6, 6.07) is 16.5. The summed E-state index contributed by atoms with van der Waals surface area (Å²) < 4.78 is 19.9. The molecular formula is C24H17FO3S. The third kappa shape index (κ3) is 3.52. The SMILES string of the molecule is C=COc1ccc(-c2c(C(=O)c3cc(F)ccc3C)sc3cc(O)ccc23)cc1. The summed E-state index contributed by atoms with van der Waals surface area (Å²) in [4.78, 5) is 13.9. The quantitative estimate of drug-likeness (QED) is 0.306. The van der Waals surface area contributed by atoms with Crippen LogP contribution in [0.3, 0.4) is 0 Å². The minimum atomic E-state index is -0.454. The van der Waals surface area contributed by atoms with Gasteiger partial charge in [0.15, 0.2) is 0 Å². The van der Waals surface area contributed by atoms with Crippen molar-refractivity contribution in [2.24, 2.45) is 0 Å². The Balaban J connectivity index is 1.93. The Morgan fingerprint density at radius 3 is 2.59 bits per heavy atom. The molecule has 4 rings (SSSR count). The summed E-state index contributed by atoms with van der Waals surface area (Å²) >= 11 is 1.29. The maximum atomic E-state index is 13.8. The van der Waals surface area contributed by atoms with Gasteiger partial charge in [0.2, 0.25) is 5.78 Å². The summed E-state index contributed by atoms with van der Waals surface area (Å²) in [6.07, 6.45) is 1.35. The number of rotatable bonds is 5. The summed E-state index contributed by atoms with van der Waals surface area (Å²) in [5.41, 5.74) is 2.62. The molecule has 0 fully saturated rings. The van der Waals surface area contributed by atoms with Crippen LogP contribution in [0.4, 0.5) is 4.39 Å². The molecule has 0 unspecified atom stereocenters. The average Bonchev–Trinajstić information content (AvgIpc) is 3.08. The molecule has 3 nitrogen and oxygen atoms in total. The largest absolute Gasteiger partial charge is 0.508 e. The van der Waals surface area contributed by atoms with Crippen molar-refractivity contribution in [3.8, 4) is 22.6 Å². The van der Waals surface area contributed by atoms with Crippen LogP contribution in [-0.2, 0) is 0 Å². The zero-order valence-electron chi connectivity index (χ0n) is 15.6. The maximum absolute atomic E-state index is 13.8. The van der Waals surface area contributed by atoms with Crippen LogP contribution < -0.4 is 4.74 Å². The molecule has 0 atom stereocenters. The highest BCUT2D eigenvalue weighted by molar-refractivity contribution is 7.21. The first kappa shape index (κ1) is 18.9. The van der Waals surface area contributed by atoms with Gasteiger partial charge < -0.3 is 9.84 Å². The van der Waals surface area contributed by atoms with Crippen LogP contribution in [0, 0.1) is 12.7 Å². The van der Waals surface area contributed by atoms with Crippen molar-refractivity contribution in [1.29, 1.82) is 0 Å². The van der Waals surface area contributed by atoms with E-state index >= 15 is 0 Å². The van der Waals surface area contributed by atoms with Gasteiger partial charge in [-0.25, -0.2) is 4.39 Å². The number of hydrogen-bond donors (Lipinski definition) is 1. The number of carbonyl (C=O) groups excluding carboxylic acids is 1. The van der Waals surface area contributed by atoms with Crippen LogP contribution in [0.1, 0.15) is 20.8 Å². The van der Waals surface area contributed by atoms with E-state index in [0.29, 0.717) is 21.8 Å². The number of halogens is 1. The molecule has 3 aromatic carbocycles. The Morgan fingerprint density at radius 2 is 1.86 bits per heavy atom. The van der Waals surface area contributed by atoms with E-state index < -0.39 is 5.82 Å². The number of benzene rings is 3. The van der Waals surface area contributed by atoms with Crippen LogP contribution in [0.25, 0.3) is 21.2 Å². The molecule has 4 aromatic rings. The molecule has 0 amide bonds. The summed E-state index contributed by atoms with van der Waals surface area (Å²) in [6.45, 7) is 5.33. The van der Waals surface area contributed by atoms with E-state index in [1.54, 1.807) is 43.3 Å². The average molecular weight is 404 g/mol. The van der Waals surface area contributed by atoms with E-state index in [2.05, 4.69) is 6.58 Å². The number of thiophene rings is 1. The number of fused-ring (bicyclic) bond motifs is 1. The Morgan fingerprint density at radius 1 is 1.10 bits per heavy atom. The van der Waals surface area contributed by atoms with Crippen LogP contribution in [0.2, 0.25) is 0 Å². The second-order valence-electron chi connectivity index (χ2n) is 6.58. The molecule has 0 saturated heterocycles. The number of aryl methyl sites for hydroxylation is 1. The molecule has 0 aliphatic carbocycles. The van der Waals surface area contributed by atoms with Gasteiger partial charge in [-0.1, -0.05) is 24.8 Å². The van der Waals surface area contributed by atoms with Gasteiger partial charge in [-0.2, -0.15) is 0 Å². The van der Waals surface area contributed by atoms with Gasteiger partial charge >= 0.3 is 0 Å². The van der Waals surface area contributed by atoms with Gasteiger partial charge in [0.1, 0.15) is 17.3 Å². The Labute approximate surface area is 171 Å². The van der Waals surface area contributed by atoms with Gasteiger partial charge in [0, 0.05) is 21.2 Å². The zero-order valence-corrected chi connectivity index (χ0v) is 16.4. The monoisotopic (exact) mass is 404 g/mol. The zero-order chi connectivity index (χ0) is 20.5. The van der Waals surface area contributed by atoms with Gasteiger partial charge in [-0.3, -0.25) is 4.79 Å². The van der Waals surface area contributed by atoms with E-state index in [4.69, 9.17) is 4.74 Å². The highest BCUT2D eigenvalue weighted by atomic mass is 32.1. The topological polar surface area (TPSA) is 46.5 Å². The highest BCUT2D eigenvalue weighted by Gasteiger charge is 2.23. The van der Waals surface area contributed by atoms with E-state index in [1.165, 1.54) is 29.7 Å². The lowest BCUT2D eigenvalue weighted by molar-refractivity contribution is 0.104. The van der Waals surface area contributed by atoms with E-state index in [9.17, 15) is 14.3 Å². The third-order valence-electron chi connectivity index (χ3n) is 4.69. The number of phenols is 1. The minimum absolute atomic E-state index is 0.126. The third-order valence-corrected chi connectivity index (χ3v) is 5.84. The van der Waals surface area contributed by atoms with Gasteiger partial charge in [-0.05, 0) is 60.5 Å². The second-order valence-corrected chi connectivity index (χ2v) is 7.64. The Bertz CT molecular complexity index is 1240. The normalized spacial score (nSPS) is 10.8. The first-order chi connectivity index (χ1) is 14.0. The van der Waals surface area contributed by atoms with Crippen molar-refractivity contribution in [1.82, 2.24) is 0 Å². The first-order valence-corrected chi connectivity index (χ1v) is 9.74. The first-order valence-electron chi connectivity index (χ1n) is 8.92. The van der Waals surface area contributed by atoms with Gasteiger partial charge in [0.05, 0.1) is 11.1 Å². The molecule has 0 aliphatic heterocycles. The van der Waals surface area contributed by atoms with Crippen LogP contribution in [0.15, 0.2) is 73.5 Å². The lowest BCUT2D eigenvalue weighted by Crippen LogP contribution is -2.04. The molecule has 1 N–H and O–H groups in total. The van der Waals surface area contributed by atoms with Gasteiger partial charge in [-0.15, -0.1) is 11.3 Å². The summed E-state index contributed by atoms with van der Waals surface area (Å²) in [5, 5.41) is 10.7. The van der Waals surface area contributed by atoms with E-state index in [-0.39, 0.29) is 11.5 Å². The van der Waals surface area contributed by atoms with Crippen molar-refractivity contribution in [2.45, 2.75) is 6.92 Å². The molecule has 1 aromatic heterocycles. The maximum Gasteiger partial charge on any atom is 0.203 e. The van der Waals surface area contributed by atoms with Crippen LogP contribution >= 0.6 is 11.3 Å². The molecule has 0 spiro atoms. The fraction of sp³-hybridized carbons (Fsp3) is 0.0417. The number of ketones is 1. The fourth-order valence-corrected chi connectivity index (χ4v) is 4.50. The molecule has 144 valence electrons. The van der Waals surface area contributed by atoms with Gasteiger partial charge in [0.25, 0.3) is 0 Å². The molecule has 1 heterocycles. The highest BCUT2D eigenvalue weighted by Crippen LogP contribution is 2.41. The smallest absolute Gasteiger partial charge is 0.203 e. The number of phenolic OH excluding ortho intramolecular Hbond substituents is 1. The molecule has 0 radical (unpaired) electrons. The van der Waals surface area contributed by atoms with Crippen molar-refractivity contribution in [3.63, 3.8) is 0 Å². The van der Waals surface area contributed by atoms with Crippen LogP contribution in [0.5, 0.6) is 11.5 Å². The molecular weight excluding hydrogens is 387 g/mol. The lowest BCUT2D eigenvalue weighted by atomic mass is 9.96. The predicted molar refractivity (Wildman–Crippen MR) is 114 cm³/mol. The fourth-order valence-electron chi connectivity index (χ4n) is 3.29. The van der Waals surface area contributed by atoms with E-state index in [1.807, 2.05) is 12.1 Å². The van der Waals surface area contributed by atoms with Crippen LogP contribution in [-0.4, -0.2) is 10.9 Å². The minimum Gasteiger partial charge on any atom is -0.508 e. The van der Waals surface area contributed by atoms with E-state index in [0.717, 1.165) is 21.2 Å². The van der Waals surface area contributed by atoms with Crippen molar-refractivity contribution in [2.75, 3.05) is 0 Å². The molecule has 0 bridgehead atoms. The molecule has 0 saturated carbocycles. The number of ether oxygens (including phenoxy) is 1. The second kappa shape index (κ2) is 7.53. The molecule has 29 heavy (non-hydrogen) atoms. The summed E-state index contributed by atoms with van der Waals surface area (Å²) in [7, 11) is 0. The number of aromatic hydroxyl groups is 1. The van der Waals surface area contributed by atoms with Crippen molar-refractivity contribution < 1.29 is 19.0 Å². The number of carbonyl (C=O) groups is 1. The van der Waals surface area contributed by atoms with Crippen molar-refractivity contribution in [3.05, 3.63) is 95.3 Å². The lowest BCUT2D eigenvalue weighted by Gasteiger charge is -2.08. The standard InChI is InChI=1S/C24H17FO3S/c1-3-28-18-9-5-15(6-10-18)22-19-11-8-17(26)13-21(19)29-24(22)23(27)20-12-16(25)7-4-14(20)2/h3-13,26H,1H2,2H3. The molecule has 0 aliphatic rings. The summed E-state index contributed by atoms with van der Waals surface area (Å²) in [5.74, 6) is 0.0602. The Kier molecular flexibility index (Phi) is 4.91.